The van der Waals surface area contributed by atoms with Crippen LogP contribution in [0.15, 0.2) is 47.4 Å². The fourth-order valence-corrected chi connectivity index (χ4v) is 8.35. The van der Waals surface area contributed by atoms with E-state index in [1.807, 2.05) is 12.1 Å². The van der Waals surface area contributed by atoms with E-state index >= 15 is 0 Å². The zero-order valence-electron chi connectivity index (χ0n) is 15.2. The molecule has 1 aliphatic heterocycles. The van der Waals surface area contributed by atoms with E-state index < -0.39 is 47.4 Å². The summed E-state index contributed by atoms with van der Waals surface area (Å²) in [6.07, 6.45) is 0.583. The number of halogens is 2. The highest BCUT2D eigenvalue weighted by Crippen LogP contribution is 2.28. The molecule has 0 aromatic heterocycles. The Kier molecular flexibility index (Phi) is 6.14. The van der Waals surface area contributed by atoms with Crippen LogP contribution in [0.1, 0.15) is 11.1 Å². The minimum Gasteiger partial charge on any atom is -0.311 e. The van der Waals surface area contributed by atoms with Crippen LogP contribution >= 0.6 is 11.6 Å². The Bertz CT molecular complexity index is 1070. The lowest BCUT2D eigenvalue weighted by molar-refractivity contribution is 0.520. The summed E-state index contributed by atoms with van der Waals surface area (Å²) in [6, 6.07) is 10.2. The highest BCUT2D eigenvalue weighted by molar-refractivity contribution is 7.96. The number of nitrogens with one attached hydrogen (secondary N) is 1. The molecule has 3 rings (SSSR count). The van der Waals surface area contributed by atoms with Crippen LogP contribution in [0.3, 0.4) is 0 Å². The number of hydrogen-bond donors (Lipinski definition) is 1. The van der Waals surface area contributed by atoms with Gasteiger partial charge in [-0.25, -0.2) is 21.2 Å². The monoisotopic (exact) mass is 445 g/mol. The third-order valence-corrected chi connectivity index (χ3v) is 9.24. The van der Waals surface area contributed by atoms with E-state index in [4.69, 9.17) is 11.6 Å². The van der Waals surface area contributed by atoms with Crippen LogP contribution in [0.4, 0.5) is 4.39 Å². The van der Waals surface area contributed by atoms with E-state index in [2.05, 4.69) is 5.32 Å². The van der Waals surface area contributed by atoms with Crippen molar-refractivity contribution >= 4 is 31.3 Å². The normalized spacial score (nSPS) is 21.7. The predicted molar refractivity (Wildman–Crippen MR) is 108 cm³/mol. The summed E-state index contributed by atoms with van der Waals surface area (Å²) < 4.78 is 64.5. The Balaban J connectivity index is 1.79. The van der Waals surface area contributed by atoms with Crippen molar-refractivity contribution in [3.8, 4) is 0 Å². The van der Waals surface area contributed by atoms with E-state index in [0.717, 1.165) is 11.6 Å². The van der Waals surface area contributed by atoms with Gasteiger partial charge in [-0.05, 0) is 55.3 Å². The number of aryl methyl sites for hydroxylation is 1. The highest BCUT2D eigenvalue weighted by Gasteiger charge is 2.46. The molecule has 1 heterocycles. The van der Waals surface area contributed by atoms with E-state index in [1.54, 1.807) is 19.1 Å². The Labute approximate surface area is 169 Å². The molecular formula is C19H21ClFNO4S2. The first-order valence-corrected chi connectivity index (χ1v) is 12.5. The van der Waals surface area contributed by atoms with Crippen LogP contribution in [0.25, 0.3) is 0 Å². The summed E-state index contributed by atoms with van der Waals surface area (Å²) in [5, 5.41) is 2.44. The van der Waals surface area contributed by atoms with Crippen molar-refractivity contribution in [1.82, 2.24) is 5.32 Å². The maximum Gasteiger partial charge on any atom is 0.186 e. The first-order chi connectivity index (χ1) is 13.1. The molecule has 0 unspecified atom stereocenters. The average molecular weight is 446 g/mol. The van der Waals surface area contributed by atoms with Crippen molar-refractivity contribution in [2.75, 3.05) is 18.1 Å². The van der Waals surface area contributed by atoms with Gasteiger partial charge in [0, 0.05) is 11.1 Å². The summed E-state index contributed by atoms with van der Waals surface area (Å²) in [7, 11) is -7.69. The van der Waals surface area contributed by atoms with Crippen LogP contribution < -0.4 is 5.32 Å². The van der Waals surface area contributed by atoms with Crippen molar-refractivity contribution in [2.24, 2.45) is 0 Å². The van der Waals surface area contributed by atoms with Gasteiger partial charge in [0.25, 0.3) is 0 Å². The minimum atomic E-state index is -4.15. The lowest BCUT2D eigenvalue weighted by Crippen LogP contribution is -2.44. The van der Waals surface area contributed by atoms with Gasteiger partial charge < -0.3 is 5.32 Å². The van der Waals surface area contributed by atoms with Crippen LogP contribution in [-0.4, -0.2) is 46.2 Å². The Morgan fingerprint density at radius 1 is 1.14 bits per heavy atom. The predicted octanol–water partition coefficient (Wildman–Crippen LogP) is 2.56. The molecule has 1 saturated heterocycles. The molecule has 0 saturated carbocycles. The number of sulfone groups is 2. The first kappa shape index (κ1) is 21.2. The summed E-state index contributed by atoms with van der Waals surface area (Å²) in [5.74, 6) is -1.67. The molecule has 1 aliphatic rings. The van der Waals surface area contributed by atoms with Crippen LogP contribution in [0.5, 0.6) is 0 Å². The first-order valence-electron chi connectivity index (χ1n) is 8.77. The summed E-state index contributed by atoms with van der Waals surface area (Å²) in [4.78, 5) is -0.445. The maximum atomic E-state index is 14.2. The number of benzene rings is 2. The van der Waals surface area contributed by atoms with Crippen molar-refractivity contribution in [3.63, 3.8) is 0 Å². The van der Waals surface area contributed by atoms with Crippen LogP contribution in [-0.2, 0) is 26.1 Å². The Morgan fingerprint density at radius 3 is 2.50 bits per heavy atom. The zero-order valence-corrected chi connectivity index (χ0v) is 17.6. The standard InChI is InChI=1S/C19H21ClFNO4S2/c1-13-2-7-16(21)18(10-13)28(25,26)19-12-27(23,24)11-17(19)22-9-8-14-3-5-15(20)6-4-14/h2-7,10,17,19,22H,8-9,11-12H2,1H3/t17-,19-/m0/s1. The van der Waals surface area contributed by atoms with Crippen LogP contribution in [0.2, 0.25) is 5.02 Å². The number of rotatable bonds is 6. The van der Waals surface area contributed by atoms with Crippen molar-refractivity contribution in [3.05, 3.63) is 64.4 Å². The highest BCUT2D eigenvalue weighted by atomic mass is 35.5. The molecule has 152 valence electrons. The molecule has 0 spiro atoms. The third-order valence-electron chi connectivity index (χ3n) is 4.83. The Hall–Kier alpha value is -1.48. The second kappa shape index (κ2) is 8.10. The molecule has 2 aromatic rings. The molecule has 0 bridgehead atoms. The van der Waals surface area contributed by atoms with Gasteiger partial charge in [0.1, 0.15) is 10.7 Å². The van der Waals surface area contributed by atoms with E-state index in [0.29, 0.717) is 23.6 Å². The SMILES string of the molecule is Cc1ccc(F)c(S(=O)(=O)[C@H]2CS(=O)(=O)C[C@@H]2NCCc2ccc(Cl)cc2)c1. The summed E-state index contributed by atoms with van der Waals surface area (Å²) >= 11 is 5.85. The lowest BCUT2D eigenvalue weighted by atomic mass is 10.1. The summed E-state index contributed by atoms with van der Waals surface area (Å²) in [5.41, 5.74) is 1.58. The number of hydrogen-bond acceptors (Lipinski definition) is 5. The average Bonchev–Trinajstić information content (AvgIpc) is 2.94. The second-order valence-electron chi connectivity index (χ2n) is 7.03. The fraction of sp³-hybridized carbons (Fsp3) is 0.368. The largest absolute Gasteiger partial charge is 0.311 e. The maximum absolute atomic E-state index is 14.2. The second-order valence-corrected chi connectivity index (χ2v) is 11.8. The van der Waals surface area contributed by atoms with E-state index in [-0.39, 0.29) is 5.75 Å². The summed E-state index contributed by atoms with van der Waals surface area (Å²) in [6.45, 7) is 2.05. The van der Waals surface area contributed by atoms with Gasteiger partial charge in [-0.3, -0.25) is 0 Å². The molecule has 2 atom stereocenters. The molecule has 9 heteroatoms. The topological polar surface area (TPSA) is 80.3 Å². The lowest BCUT2D eigenvalue weighted by Gasteiger charge is -2.20. The van der Waals surface area contributed by atoms with Gasteiger partial charge in [0.2, 0.25) is 0 Å². The molecule has 2 aromatic carbocycles. The van der Waals surface area contributed by atoms with Crippen molar-refractivity contribution < 1.29 is 21.2 Å². The molecule has 1 fully saturated rings. The molecule has 5 nitrogen and oxygen atoms in total. The van der Waals surface area contributed by atoms with E-state index in [9.17, 15) is 21.2 Å². The molecule has 0 amide bonds. The molecule has 1 N–H and O–H groups in total. The van der Waals surface area contributed by atoms with Gasteiger partial charge >= 0.3 is 0 Å². The molecular weight excluding hydrogens is 425 g/mol. The quantitative estimate of drug-likeness (QED) is 0.739. The minimum absolute atomic E-state index is 0.287. The van der Waals surface area contributed by atoms with Gasteiger partial charge in [-0.1, -0.05) is 29.8 Å². The van der Waals surface area contributed by atoms with Crippen LogP contribution in [0, 0.1) is 12.7 Å². The molecule has 0 aliphatic carbocycles. The Morgan fingerprint density at radius 2 is 1.82 bits per heavy atom. The van der Waals surface area contributed by atoms with Gasteiger partial charge in [0.15, 0.2) is 19.7 Å². The molecule has 0 radical (unpaired) electrons. The van der Waals surface area contributed by atoms with Crippen molar-refractivity contribution in [2.45, 2.75) is 29.5 Å². The van der Waals surface area contributed by atoms with E-state index in [1.165, 1.54) is 12.1 Å². The fourth-order valence-electron chi connectivity index (χ4n) is 3.36. The molecule has 28 heavy (non-hydrogen) atoms. The van der Waals surface area contributed by atoms with Gasteiger partial charge in [0.05, 0.1) is 16.8 Å². The van der Waals surface area contributed by atoms with Crippen molar-refractivity contribution in [1.29, 1.82) is 0 Å². The smallest absolute Gasteiger partial charge is 0.186 e. The zero-order chi connectivity index (χ0) is 20.5. The van der Waals surface area contributed by atoms with Gasteiger partial charge in [-0.15, -0.1) is 0 Å². The van der Waals surface area contributed by atoms with Gasteiger partial charge in [-0.2, -0.15) is 0 Å². The third kappa shape index (κ3) is 4.74.